The molecule has 0 aliphatic heterocycles. The van der Waals surface area contributed by atoms with E-state index in [-0.39, 0.29) is 10.6 Å². The average molecular weight is 303 g/mol. The third kappa shape index (κ3) is 3.43. The second kappa shape index (κ2) is 6.83. The number of benzene rings is 1. The minimum atomic E-state index is -1.28. The highest BCUT2D eigenvalue weighted by molar-refractivity contribution is 6.35. The maximum Gasteiger partial charge on any atom is 0.330 e. The number of carbonyl (C=O) groups is 2. The molecule has 0 aromatic heterocycles. The highest BCUT2D eigenvalue weighted by Gasteiger charge is 2.25. The molecule has 1 aromatic rings. The molecule has 108 valence electrons. The summed E-state index contributed by atoms with van der Waals surface area (Å²) in [5.41, 5.74) is -0.610. The van der Waals surface area contributed by atoms with Gasteiger partial charge in [-0.15, -0.1) is 0 Å². The van der Waals surface area contributed by atoms with E-state index in [0.717, 1.165) is 13.2 Å². The van der Waals surface area contributed by atoms with E-state index in [2.05, 4.69) is 10.1 Å². The van der Waals surface area contributed by atoms with Crippen LogP contribution in [0.3, 0.4) is 0 Å². The number of amides is 1. The molecule has 0 bridgehead atoms. The Bertz CT molecular complexity index is 548. The number of hydrogen-bond donors (Lipinski definition) is 2. The number of nitro groups is 1. The predicted molar refractivity (Wildman–Crippen MR) is 68.5 cm³/mol. The molecule has 1 unspecified atom stereocenters. The summed E-state index contributed by atoms with van der Waals surface area (Å²) in [5.74, 6) is -1.68. The van der Waals surface area contributed by atoms with Crippen molar-refractivity contribution in [2.45, 2.75) is 6.04 Å². The van der Waals surface area contributed by atoms with Gasteiger partial charge in [-0.05, 0) is 6.07 Å². The molecular weight excluding hydrogens is 292 g/mol. The van der Waals surface area contributed by atoms with E-state index in [1.807, 2.05) is 0 Å². The molecule has 0 radical (unpaired) electrons. The highest BCUT2D eigenvalue weighted by Crippen LogP contribution is 2.27. The molecule has 1 atom stereocenters. The van der Waals surface area contributed by atoms with Crippen molar-refractivity contribution in [1.29, 1.82) is 0 Å². The molecule has 0 aliphatic rings. The number of aliphatic hydroxyl groups is 1. The number of methoxy groups -OCH3 is 1. The molecule has 20 heavy (non-hydrogen) atoms. The Morgan fingerprint density at radius 2 is 2.20 bits per heavy atom. The summed E-state index contributed by atoms with van der Waals surface area (Å²) in [5, 5.41) is 21.5. The molecule has 1 aromatic carbocycles. The quantitative estimate of drug-likeness (QED) is 0.465. The highest BCUT2D eigenvalue weighted by atomic mass is 35.5. The molecule has 9 heteroatoms. The van der Waals surface area contributed by atoms with Crippen molar-refractivity contribution in [1.82, 2.24) is 5.32 Å². The lowest BCUT2D eigenvalue weighted by Gasteiger charge is -2.14. The van der Waals surface area contributed by atoms with Crippen LogP contribution in [0.25, 0.3) is 0 Å². The zero-order valence-corrected chi connectivity index (χ0v) is 11.1. The van der Waals surface area contributed by atoms with Crippen LogP contribution in [0.4, 0.5) is 5.69 Å². The van der Waals surface area contributed by atoms with E-state index in [1.54, 1.807) is 0 Å². The Kier molecular flexibility index (Phi) is 5.42. The Balaban J connectivity index is 3.01. The van der Waals surface area contributed by atoms with Gasteiger partial charge < -0.3 is 15.2 Å². The average Bonchev–Trinajstić information content (AvgIpc) is 2.43. The lowest BCUT2D eigenvalue weighted by Crippen LogP contribution is -2.44. The summed E-state index contributed by atoms with van der Waals surface area (Å²) in [7, 11) is 1.09. The summed E-state index contributed by atoms with van der Waals surface area (Å²) in [4.78, 5) is 33.1. The topological polar surface area (TPSA) is 119 Å². The van der Waals surface area contributed by atoms with Gasteiger partial charge in [-0.2, -0.15) is 0 Å². The van der Waals surface area contributed by atoms with Crippen molar-refractivity contribution in [3.8, 4) is 0 Å². The minimum absolute atomic E-state index is 0.178. The van der Waals surface area contributed by atoms with E-state index >= 15 is 0 Å². The first-order valence-corrected chi connectivity index (χ1v) is 5.72. The van der Waals surface area contributed by atoms with Crippen LogP contribution in [0, 0.1) is 10.1 Å². The lowest BCUT2D eigenvalue weighted by atomic mass is 10.1. The van der Waals surface area contributed by atoms with Gasteiger partial charge in [0.05, 0.1) is 24.2 Å². The molecule has 0 saturated carbocycles. The van der Waals surface area contributed by atoms with Crippen LogP contribution in [0.1, 0.15) is 10.4 Å². The molecule has 2 N–H and O–H groups in total. The number of halogens is 1. The van der Waals surface area contributed by atoms with Crippen molar-refractivity contribution in [3.63, 3.8) is 0 Å². The van der Waals surface area contributed by atoms with Gasteiger partial charge in [0.2, 0.25) is 0 Å². The lowest BCUT2D eigenvalue weighted by molar-refractivity contribution is -0.384. The number of nitrogens with one attached hydrogen (secondary N) is 1. The molecule has 8 nitrogen and oxygen atoms in total. The van der Waals surface area contributed by atoms with Crippen LogP contribution in [-0.2, 0) is 9.53 Å². The van der Waals surface area contributed by atoms with E-state index in [1.165, 1.54) is 12.1 Å². The van der Waals surface area contributed by atoms with Gasteiger partial charge in [-0.25, -0.2) is 4.79 Å². The van der Waals surface area contributed by atoms with Gasteiger partial charge in [0.1, 0.15) is 5.02 Å². The number of nitro benzene ring substituents is 1. The summed E-state index contributed by atoms with van der Waals surface area (Å²) >= 11 is 5.76. The van der Waals surface area contributed by atoms with Crippen LogP contribution >= 0.6 is 11.6 Å². The number of nitrogens with zero attached hydrogens (tertiary/aromatic N) is 1. The molecule has 0 spiro atoms. The second-order valence-corrected chi connectivity index (χ2v) is 4.01. The van der Waals surface area contributed by atoms with E-state index in [0.29, 0.717) is 0 Å². The summed E-state index contributed by atoms with van der Waals surface area (Å²) in [6, 6.07) is 2.41. The van der Waals surface area contributed by atoms with Gasteiger partial charge >= 0.3 is 5.97 Å². The van der Waals surface area contributed by atoms with Crippen LogP contribution in [0.15, 0.2) is 18.2 Å². The number of carbonyl (C=O) groups excluding carboxylic acids is 2. The summed E-state index contributed by atoms with van der Waals surface area (Å²) in [6.45, 7) is -0.676. The number of rotatable bonds is 5. The fourth-order valence-corrected chi connectivity index (χ4v) is 1.67. The normalized spacial score (nSPS) is 11.6. The Hall–Kier alpha value is -2.19. The number of esters is 1. The first kappa shape index (κ1) is 15.9. The van der Waals surface area contributed by atoms with Crippen molar-refractivity contribution >= 4 is 29.2 Å². The van der Waals surface area contributed by atoms with Gasteiger partial charge in [-0.1, -0.05) is 17.7 Å². The van der Waals surface area contributed by atoms with E-state index < -0.39 is 35.1 Å². The molecule has 0 fully saturated rings. The Labute approximate surface area is 118 Å². The maximum atomic E-state index is 11.9. The molecule has 0 aliphatic carbocycles. The number of aliphatic hydroxyl groups excluding tert-OH is 1. The number of ether oxygens (including phenoxy) is 1. The third-order valence-electron chi connectivity index (χ3n) is 2.39. The fourth-order valence-electron chi connectivity index (χ4n) is 1.39. The van der Waals surface area contributed by atoms with Gasteiger partial charge in [0, 0.05) is 6.07 Å². The van der Waals surface area contributed by atoms with Gasteiger partial charge in [-0.3, -0.25) is 14.9 Å². The number of hydrogen-bond acceptors (Lipinski definition) is 6. The van der Waals surface area contributed by atoms with Crippen LogP contribution in [-0.4, -0.2) is 41.7 Å². The zero-order chi connectivity index (χ0) is 15.3. The molecule has 1 amide bonds. The first-order chi connectivity index (χ1) is 9.42. The van der Waals surface area contributed by atoms with E-state index in [9.17, 15) is 19.7 Å². The van der Waals surface area contributed by atoms with Crippen LogP contribution in [0.5, 0.6) is 0 Å². The molecule has 0 saturated heterocycles. The van der Waals surface area contributed by atoms with E-state index in [4.69, 9.17) is 16.7 Å². The molecule has 1 rings (SSSR count). The molecular formula is C11H11ClN2O6. The zero-order valence-electron chi connectivity index (χ0n) is 10.3. The van der Waals surface area contributed by atoms with Crippen molar-refractivity contribution in [3.05, 3.63) is 38.9 Å². The Morgan fingerprint density at radius 1 is 1.55 bits per heavy atom. The Morgan fingerprint density at radius 3 is 2.70 bits per heavy atom. The van der Waals surface area contributed by atoms with Crippen molar-refractivity contribution in [2.75, 3.05) is 13.7 Å². The molecule has 0 heterocycles. The largest absolute Gasteiger partial charge is 0.467 e. The summed E-state index contributed by atoms with van der Waals surface area (Å²) in [6.07, 6.45) is 0. The van der Waals surface area contributed by atoms with Gasteiger partial charge in [0.25, 0.3) is 11.6 Å². The van der Waals surface area contributed by atoms with Crippen molar-refractivity contribution < 1.29 is 24.4 Å². The minimum Gasteiger partial charge on any atom is -0.467 e. The predicted octanol–water partition coefficient (Wildman–Crippen LogP) is 0.512. The van der Waals surface area contributed by atoms with Crippen LogP contribution < -0.4 is 5.32 Å². The fraction of sp³-hybridized carbons (Fsp3) is 0.273. The third-order valence-corrected chi connectivity index (χ3v) is 2.79. The van der Waals surface area contributed by atoms with Crippen molar-refractivity contribution in [2.24, 2.45) is 0 Å². The standard InChI is InChI=1S/C11H11ClN2O6/c1-20-11(17)7(5-15)13-10(16)6-3-2-4-8(9(6)12)14(18)19/h2-4,7,15H,5H2,1H3,(H,13,16). The monoisotopic (exact) mass is 302 g/mol. The maximum absolute atomic E-state index is 11.9. The second-order valence-electron chi connectivity index (χ2n) is 3.63. The summed E-state index contributed by atoms with van der Waals surface area (Å²) < 4.78 is 4.38. The van der Waals surface area contributed by atoms with Crippen LogP contribution in [0.2, 0.25) is 5.02 Å². The first-order valence-electron chi connectivity index (χ1n) is 5.34. The van der Waals surface area contributed by atoms with Gasteiger partial charge in [0.15, 0.2) is 6.04 Å². The smallest absolute Gasteiger partial charge is 0.330 e. The SMILES string of the molecule is COC(=O)C(CO)NC(=O)c1cccc([N+](=O)[O-])c1Cl.